The predicted molar refractivity (Wildman–Crippen MR) is 71.8 cm³/mol. The van der Waals surface area contributed by atoms with Crippen LogP contribution in [0, 0.1) is 5.92 Å². The minimum absolute atomic E-state index is 0.0578. The molecule has 0 bridgehead atoms. The number of carbonyl (C=O) groups excluding carboxylic acids is 1. The minimum Gasteiger partial charge on any atom is -0.465 e. The third-order valence-electron chi connectivity index (χ3n) is 4.51. The molecule has 1 heterocycles. The van der Waals surface area contributed by atoms with Gasteiger partial charge in [-0.3, -0.25) is 4.79 Å². The fourth-order valence-electron chi connectivity index (χ4n) is 3.63. The number of carbonyl (C=O) groups is 1. The van der Waals surface area contributed by atoms with Gasteiger partial charge in [-0.05, 0) is 11.1 Å². The third-order valence-corrected chi connectivity index (χ3v) is 4.51. The zero-order chi connectivity index (χ0) is 12.9. The molecule has 3 atom stereocenters. The summed E-state index contributed by atoms with van der Waals surface area (Å²) in [5.74, 6) is 0.514. The van der Waals surface area contributed by atoms with Crippen LogP contribution in [0.15, 0.2) is 60.7 Å². The van der Waals surface area contributed by atoms with Gasteiger partial charge >= 0.3 is 5.97 Å². The summed E-state index contributed by atoms with van der Waals surface area (Å²) >= 11 is 0. The Kier molecular flexibility index (Phi) is 2.10. The van der Waals surface area contributed by atoms with E-state index in [9.17, 15) is 4.79 Å². The fraction of sp³-hybridized carbons (Fsp3) is 0.235. The van der Waals surface area contributed by atoms with E-state index in [1.807, 2.05) is 48.5 Å². The maximum absolute atomic E-state index is 12.3. The van der Waals surface area contributed by atoms with Crippen molar-refractivity contribution in [2.45, 2.75) is 11.3 Å². The first-order chi connectivity index (χ1) is 9.35. The van der Waals surface area contributed by atoms with Crippen molar-refractivity contribution >= 4 is 5.97 Å². The largest absolute Gasteiger partial charge is 0.465 e. The van der Waals surface area contributed by atoms with Crippen molar-refractivity contribution in [2.24, 2.45) is 5.92 Å². The molecule has 1 saturated heterocycles. The molecule has 1 unspecified atom stereocenters. The van der Waals surface area contributed by atoms with Gasteiger partial charge < -0.3 is 4.74 Å². The van der Waals surface area contributed by atoms with E-state index in [2.05, 4.69) is 12.1 Å². The highest BCUT2D eigenvalue weighted by atomic mass is 16.5. The standard InChI is InChI=1S/C17H14O2/c18-16-17(13-9-5-2-6-10-13)14(11-19-16)15(17)12-7-3-1-4-8-12/h1-10,14-15H,11H2/t14?,15-,17+/m1/s1. The van der Waals surface area contributed by atoms with Crippen LogP contribution in [0.2, 0.25) is 0 Å². The zero-order valence-electron chi connectivity index (χ0n) is 10.5. The van der Waals surface area contributed by atoms with Gasteiger partial charge in [-0.2, -0.15) is 0 Å². The van der Waals surface area contributed by atoms with Crippen molar-refractivity contribution < 1.29 is 9.53 Å². The molecule has 2 fully saturated rings. The van der Waals surface area contributed by atoms with Crippen LogP contribution in [0.3, 0.4) is 0 Å². The third kappa shape index (κ3) is 1.29. The molecule has 2 aliphatic rings. The highest BCUT2D eigenvalue weighted by molar-refractivity contribution is 5.92. The van der Waals surface area contributed by atoms with E-state index in [0.717, 1.165) is 5.56 Å². The number of fused-ring (bicyclic) bond motifs is 1. The Morgan fingerprint density at radius 1 is 0.947 bits per heavy atom. The minimum atomic E-state index is -0.428. The molecule has 0 amide bonds. The average molecular weight is 250 g/mol. The smallest absolute Gasteiger partial charge is 0.317 e. The second-order valence-electron chi connectivity index (χ2n) is 5.33. The Bertz CT molecular complexity index is 620. The summed E-state index contributed by atoms with van der Waals surface area (Å²) in [6.07, 6.45) is 0. The second-order valence-corrected chi connectivity index (χ2v) is 5.33. The number of benzene rings is 2. The molecule has 4 rings (SSSR count). The van der Waals surface area contributed by atoms with Gasteiger partial charge in [0.25, 0.3) is 0 Å². The van der Waals surface area contributed by atoms with E-state index in [-0.39, 0.29) is 11.9 Å². The van der Waals surface area contributed by atoms with Gasteiger partial charge in [0.05, 0.1) is 6.61 Å². The average Bonchev–Trinajstić information content (AvgIpc) is 3.05. The van der Waals surface area contributed by atoms with E-state index in [4.69, 9.17) is 4.74 Å². The lowest BCUT2D eigenvalue weighted by molar-refractivity contribution is -0.142. The normalized spacial score (nSPS) is 31.7. The van der Waals surface area contributed by atoms with Gasteiger partial charge in [-0.1, -0.05) is 60.7 Å². The van der Waals surface area contributed by atoms with E-state index in [1.165, 1.54) is 5.56 Å². The highest BCUT2D eigenvalue weighted by Gasteiger charge is 2.75. The van der Waals surface area contributed by atoms with Crippen LogP contribution in [0.5, 0.6) is 0 Å². The molecular formula is C17H14O2. The first kappa shape index (κ1) is 10.8. The van der Waals surface area contributed by atoms with Gasteiger partial charge in [0, 0.05) is 11.8 Å². The first-order valence-corrected chi connectivity index (χ1v) is 6.63. The van der Waals surface area contributed by atoms with E-state index in [1.54, 1.807) is 0 Å². The molecule has 2 aromatic rings. The highest BCUT2D eigenvalue weighted by Crippen LogP contribution is 2.69. The lowest BCUT2D eigenvalue weighted by Gasteiger charge is -2.14. The van der Waals surface area contributed by atoms with Crippen LogP contribution < -0.4 is 0 Å². The van der Waals surface area contributed by atoms with Crippen molar-refractivity contribution in [1.29, 1.82) is 0 Å². The van der Waals surface area contributed by atoms with Crippen molar-refractivity contribution in [3.8, 4) is 0 Å². The predicted octanol–water partition coefficient (Wildman–Crippen LogP) is 2.89. The van der Waals surface area contributed by atoms with Crippen LogP contribution in [0.4, 0.5) is 0 Å². The molecule has 2 aromatic carbocycles. The molecule has 2 heteroatoms. The SMILES string of the molecule is O=C1OCC2[C@@H](c3ccccc3)[C@@]12c1ccccc1. The van der Waals surface area contributed by atoms with Gasteiger partial charge in [0.1, 0.15) is 5.41 Å². The summed E-state index contributed by atoms with van der Waals surface area (Å²) in [4.78, 5) is 12.3. The molecule has 0 N–H and O–H groups in total. The van der Waals surface area contributed by atoms with Gasteiger partial charge in [-0.25, -0.2) is 0 Å². The Hall–Kier alpha value is -2.09. The summed E-state index contributed by atoms with van der Waals surface area (Å²) in [7, 11) is 0. The molecule has 1 saturated carbocycles. The van der Waals surface area contributed by atoms with Crippen LogP contribution in [0.25, 0.3) is 0 Å². The number of hydrogen-bond donors (Lipinski definition) is 0. The molecule has 94 valence electrons. The molecule has 1 aliphatic heterocycles. The Balaban J connectivity index is 1.83. The van der Waals surface area contributed by atoms with E-state index >= 15 is 0 Å². The molecule has 0 spiro atoms. The maximum Gasteiger partial charge on any atom is 0.317 e. The van der Waals surface area contributed by atoms with Crippen LogP contribution in [-0.2, 0) is 14.9 Å². The quantitative estimate of drug-likeness (QED) is 0.766. The number of rotatable bonds is 2. The molecular weight excluding hydrogens is 236 g/mol. The zero-order valence-corrected chi connectivity index (χ0v) is 10.5. The van der Waals surface area contributed by atoms with Gasteiger partial charge in [0.2, 0.25) is 0 Å². The maximum atomic E-state index is 12.3. The summed E-state index contributed by atoms with van der Waals surface area (Å²) < 4.78 is 5.29. The fourth-order valence-corrected chi connectivity index (χ4v) is 3.63. The van der Waals surface area contributed by atoms with E-state index < -0.39 is 5.41 Å². The Labute approximate surface area is 112 Å². The molecule has 2 nitrogen and oxygen atoms in total. The molecule has 19 heavy (non-hydrogen) atoms. The Morgan fingerprint density at radius 2 is 1.58 bits per heavy atom. The number of ether oxygens (including phenoxy) is 1. The first-order valence-electron chi connectivity index (χ1n) is 6.63. The van der Waals surface area contributed by atoms with Crippen LogP contribution in [0.1, 0.15) is 17.0 Å². The lowest BCUT2D eigenvalue weighted by atomic mass is 9.90. The molecule has 0 radical (unpaired) electrons. The number of cyclic esters (lactones) is 1. The summed E-state index contributed by atoms with van der Waals surface area (Å²) in [6, 6.07) is 20.4. The van der Waals surface area contributed by atoms with Crippen molar-refractivity contribution in [3.05, 3.63) is 71.8 Å². The summed E-state index contributed by atoms with van der Waals surface area (Å²) in [6.45, 7) is 0.549. The van der Waals surface area contributed by atoms with E-state index in [0.29, 0.717) is 12.5 Å². The Morgan fingerprint density at radius 3 is 2.26 bits per heavy atom. The second kappa shape index (κ2) is 3.70. The van der Waals surface area contributed by atoms with Gasteiger partial charge in [-0.15, -0.1) is 0 Å². The molecule has 1 aliphatic carbocycles. The summed E-state index contributed by atoms with van der Waals surface area (Å²) in [5, 5.41) is 0. The van der Waals surface area contributed by atoms with Crippen molar-refractivity contribution in [1.82, 2.24) is 0 Å². The topological polar surface area (TPSA) is 26.3 Å². The lowest BCUT2D eigenvalue weighted by Crippen LogP contribution is -2.21. The number of esters is 1. The van der Waals surface area contributed by atoms with Crippen molar-refractivity contribution in [2.75, 3.05) is 6.61 Å². The summed E-state index contributed by atoms with van der Waals surface area (Å²) in [5.41, 5.74) is 1.91. The van der Waals surface area contributed by atoms with Crippen molar-refractivity contribution in [3.63, 3.8) is 0 Å². The van der Waals surface area contributed by atoms with Crippen LogP contribution >= 0.6 is 0 Å². The number of hydrogen-bond acceptors (Lipinski definition) is 2. The van der Waals surface area contributed by atoms with Gasteiger partial charge in [0.15, 0.2) is 0 Å². The van der Waals surface area contributed by atoms with Crippen LogP contribution in [-0.4, -0.2) is 12.6 Å². The monoisotopic (exact) mass is 250 g/mol. The molecule has 0 aromatic heterocycles.